The van der Waals surface area contributed by atoms with Crippen LogP contribution in [0.5, 0.6) is 11.5 Å². The van der Waals surface area contributed by atoms with Crippen molar-refractivity contribution in [2.24, 2.45) is 9.98 Å². The predicted octanol–water partition coefficient (Wildman–Crippen LogP) is 6.56. The molecule has 0 spiro atoms. The summed E-state index contributed by atoms with van der Waals surface area (Å²) in [5.74, 6) is -0.103. The smallest absolute Gasteiger partial charge is 0.143 e. The van der Waals surface area contributed by atoms with E-state index in [1.165, 1.54) is 12.1 Å². The molecule has 0 aromatic heterocycles. The number of hydrogen-bond donors (Lipinski definition) is 2. The first kappa shape index (κ1) is 21.3. The monoisotopic (exact) mass is 458 g/mol. The highest BCUT2D eigenvalue weighted by Crippen LogP contribution is 2.32. The molecule has 0 bridgehead atoms. The van der Waals surface area contributed by atoms with Crippen LogP contribution < -0.4 is 0 Å². The minimum atomic E-state index is -0.0565. The maximum absolute atomic E-state index is 10.1. The zero-order valence-electron chi connectivity index (χ0n) is 14.7. The Morgan fingerprint density at radius 3 is 1.50 bits per heavy atom. The average molecular weight is 460 g/mol. The van der Waals surface area contributed by atoms with E-state index in [0.29, 0.717) is 21.2 Å². The standard InChI is InChI=1S/C20H18Cl4N2O2/c21-13-5-11(19(27)15(23)7-13)9-25-17-3-1-2-4-18(17)26-10-12-6-14(22)8-16(24)20(12)28/h5-10,17-18,27-28H,1-4H2/b25-9+,26-10?. The van der Waals surface area contributed by atoms with Crippen molar-refractivity contribution in [3.8, 4) is 11.5 Å². The summed E-state index contributed by atoms with van der Waals surface area (Å²) in [6.45, 7) is 0. The quantitative estimate of drug-likeness (QED) is 0.508. The van der Waals surface area contributed by atoms with Crippen molar-refractivity contribution in [2.45, 2.75) is 37.8 Å². The SMILES string of the molecule is Oc1c(Cl)cc(Cl)cc1C=NC1CCCCC1/N=C/c1cc(Cl)cc(Cl)c1O. The Balaban J connectivity index is 1.82. The van der Waals surface area contributed by atoms with Crippen LogP contribution in [0.1, 0.15) is 36.8 Å². The molecule has 2 aromatic carbocycles. The van der Waals surface area contributed by atoms with Crippen molar-refractivity contribution in [3.63, 3.8) is 0 Å². The first-order valence-corrected chi connectivity index (χ1v) is 10.3. The molecule has 2 atom stereocenters. The molecule has 0 radical (unpaired) electrons. The lowest BCUT2D eigenvalue weighted by Crippen LogP contribution is -2.27. The van der Waals surface area contributed by atoms with Crippen molar-refractivity contribution in [1.82, 2.24) is 0 Å². The molecule has 3 rings (SSSR count). The van der Waals surface area contributed by atoms with Crippen molar-refractivity contribution in [1.29, 1.82) is 0 Å². The van der Waals surface area contributed by atoms with Gasteiger partial charge in [0, 0.05) is 33.6 Å². The Bertz CT molecular complexity index is 855. The van der Waals surface area contributed by atoms with E-state index in [2.05, 4.69) is 9.98 Å². The number of phenols is 2. The van der Waals surface area contributed by atoms with Gasteiger partial charge >= 0.3 is 0 Å². The Labute approximate surface area is 183 Å². The molecule has 0 amide bonds. The fourth-order valence-corrected chi connectivity index (χ4v) is 4.18. The van der Waals surface area contributed by atoms with Gasteiger partial charge in [0.1, 0.15) is 11.5 Å². The zero-order chi connectivity index (χ0) is 20.3. The van der Waals surface area contributed by atoms with Crippen LogP contribution in [0.4, 0.5) is 0 Å². The summed E-state index contributed by atoms with van der Waals surface area (Å²) < 4.78 is 0. The molecule has 1 fully saturated rings. The summed E-state index contributed by atoms with van der Waals surface area (Å²) in [4.78, 5) is 9.23. The highest BCUT2D eigenvalue weighted by atomic mass is 35.5. The minimum Gasteiger partial charge on any atom is -0.506 e. The van der Waals surface area contributed by atoms with E-state index in [4.69, 9.17) is 46.4 Å². The highest BCUT2D eigenvalue weighted by molar-refractivity contribution is 6.36. The molecule has 1 saturated carbocycles. The second-order valence-electron chi connectivity index (χ2n) is 6.63. The van der Waals surface area contributed by atoms with Crippen molar-refractivity contribution in [2.75, 3.05) is 0 Å². The van der Waals surface area contributed by atoms with Crippen LogP contribution in [0, 0.1) is 0 Å². The third-order valence-corrected chi connectivity index (χ3v) is 5.63. The molecular formula is C20H18Cl4N2O2. The lowest BCUT2D eigenvalue weighted by Gasteiger charge is -2.25. The molecule has 0 aliphatic heterocycles. The fraction of sp³-hybridized carbons (Fsp3) is 0.300. The maximum Gasteiger partial charge on any atom is 0.143 e. The van der Waals surface area contributed by atoms with Crippen LogP contribution >= 0.6 is 46.4 Å². The van der Waals surface area contributed by atoms with Gasteiger partial charge in [0.05, 0.1) is 22.1 Å². The third kappa shape index (κ3) is 5.12. The molecule has 2 aromatic rings. The number of halogens is 4. The van der Waals surface area contributed by atoms with E-state index in [9.17, 15) is 10.2 Å². The van der Waals surface area contributed by atoms with Crippen LogP contribution in [0.25, 0.3) is 0 Å². The topological polar surface area (TPSA) is 65.2 Å². The minimum absolute atomic E-state index is 0.0517. The Morgan fingerprint density at radius 1 is 0.714 bits per heavy atom. The maximum atomic E-state index is 10.1. The molecule has 0 saturated heterocycles. The van der Waals surface area contributed by atoms with Gasteiger partial charge in [0.2, 0.25) is 0 Å². The Morgan fingerprint density at radius 2 is 1.11 bits per heavy atom. The van der Waals surface area contributed by atoms with Gasteiger partial charge in [-0.25, -0.2) is 0 Å². The lowest BCUT2D eigenvalue weighted by atomic mass is 9.91. The fourth-order valence-electron chi connectivity index (χ4n) is 3.16. The predicted molar refractivity (Wildman–Crippen MR) is 117 cm³/mol. The number of phenolic OH excluding ortho intramolecular Hbond substituents is 2. The molecule has 4 nitrogen and oxygen atoms in total. The highest BCUT2D eigenvalue weighted by Gasteiger charge is 2.23. The molecule has 28 heavy (non-hydrogen) atoms. The van der Waals surface area contributed by atoms with Gasteiger partial charge < -0.3 is 10.2 Å². The van der Waals surface area contributed by atoms with Crippen LogP contribution in [0.2, 0.25) is 20.1 Å². The van der Waals surface area contributed by atoms with Crippen LogP contribution in [0.15, 0.2) is 34.3 Å². The third-order valence-electron chi connectivity index (χ3n) is 4.62. The molecular weight excluding hydrogens is 442 g/mol. The summed E-state index contributed by atoms with van der Waals surface area (Å²) in [5, 5.41) is 21.4. The van der Waals surface area contributed by atoms with E-state index in [1.807, 2.05) is 0 Å². The number of hydrogen-bond acceptors (Lipinski definition) is 4. The summed E-state index contributed by atoms with van der Waals surface area (Å²) in [7, 11) is 0. The molecule has 1 aliphatic carbocycles. The number of aromatic hydroxyl groups is 2. The molecule has 8 heteroatoms. The molecule has 2 unspecified atom stereocenters. The van der Waals surface area contributed by atoms with Crippen LogP contribution in [-0.4, -0.2) is 34.7 Å². The van der Waals surface area contributed by atoms with Gasteiger partial charge in [0.15, 0.2) is 0 Å². The largest absolute Gasteiger partial charge is 0.506 e. The number of nitrogens with zero attached hydrogens (tertiary/aromatic N) is 2. The first-order chi connectivity index (χ1) is 13.3. The van der Waals surface area contributed by atoms with Gasteiger partial charge in [-0.05, 0) is 37.1 Å². The lowest BCUT2D eigenvalue weighted by molar-refractivity contribution is 0.390. The Kier molecular flexibility index (Phi) is 7.10. The summed E-state index contributed by atoms with van der Waals surface area (Å²) in [6.07, 6.45) is 7.00. The average Bonchev–Trinajstić information content (AvgIpc) is 2.65. The van der Waals surface area contributed by atoms with Gasteiger partial charge in [-0.2, -0.15) is 0 Å². The van der Waals surface area contributed by atoms with E-state index >= 15 is 0 Å². The molecule has 2 N–H and O–H groups in total. The number of rotatable bonds is 4. The normalized spacial score (nSPS) is 20.3. The van der Waals surface area contributed by atoms with E-state index in [0.717, 1.165) is 25.7 Å². The van der Waals surface area contributed by atoms with Crippen molar-refractivity contribution >= 4 is 58.8 Å². The zero-order valence-corrected chi connectivity index (χ0v) is 17.8. The molecule has 0 heterocycles. The van der Waals surface area contributed by atoms with Crippen LogP contribution in [0.3, 0.4) is 0 Å². The number of aliphatic imine (C=N–C) groups is 2. The second kappa shape index (κ2) is 9.36. The van der Waals surface area contributed by atoms with Crippen molar-refractivity contribution in [3.05, 3.63) is 55.5 Å². The van der Waals surface area contributed by atoms with E-state index in [-0.39, 0.29) is 33.6 Å². The number of benzene rings is 2. The van der Waals surface area contributed by atoms with Crippen LogP contribution in [-0.2, 0) is 0 Å². The van der Waals surface area contributed by atoms with Gasteiger partial charge in [-0.1, -0.05) is 59.2 Å². The molecule has 1 aliphatic rings. The van der Waals surface area contributed by atoms with Gasteiger partial charge in [-0.3, -0.25) is 9.98 Å². The Hall–Kier alpha value is -1.46. The molecule has 148 valence electrons. The second-order valence-corrected chi connectivity index (χ2v) is 8.31. The summed E-state index contributed by atoms with van der Waals surface area (Å²) in [5.41, 5.74) is 0.926. The van der Waals surface area contributed by atoms with Gasteiger partial charge in [-0.15, -0.1) is 0 Å². The first-order valence-electron chi connectivity index (χ1n) is 8.77. The summed E-state index contributed by atoms with van der Waals surface area (Å²) >= 11 is 23.9. The van der Waals surface area contributed by atoms with Gasteiger partial charge in [0.25, 0.3) is 0 Å². The van der Waals surface area contributed by atoms with E-state index < -0.39 is 0 Å². The van der Waals surface area contributed by atoms with E-state index in [1.54, 1.807) is 24.6 Å². The summed E-state index contributed by atoms with van der Waals surface area (Å²) in [6, 6.07) is 6.06. The van der Waals surface area contributed by atoms with Crippen molar-refractivity contribution < 1.29 is 10.2 Å².